The van der Waals surface area contributed by atoms with Crippen LogP contribution in [0.2, 0.25) is 0 Å². The molecule has 0 aliphatic heterocycles. The fourth-order valence-corrected chi connectivity index (χ4v) is 4.10. The molecule has 3 nitrogen and oxygen atoms in total. The van der Waals surface area contributed by atoms with Crippen molar-refractivity contribution in [1.82, 2.24) is 9.30 Å². The zero-order valence-corrected chi connectivity index (χ0v) is 19.4. The Morgan fingerprint density at radius 1 is 0.933 bits per heavy atom. The van der Waals surface area contributed by atoms with Crippen molar-refractivity contribution < 1.29 is 4.79 Å². The predicted molar refractivity (Wildman–Crippen MR) is 129 cm³/mol. The van der Waals surface area contributed by atoms with Gasteiger partial charge in [0.15, 0.2) is 0 Å². The minimum absolute atomic E-state index is 0. The first-order chi connectivity index (χ1) is 14.2. The van der Waals surface area contributed by atoms with Gasteiger partial charge in [0.05, 0.1) is 5.69 Å². The van der Waals surface area contributed by atoms with E-state index in [1.54, 1.807) is 0 Å². The highest BCUT2D eigenvalue weighted by molar-refractivity contribution is 6.09. The number of hydrogen-bond donors (Lipinski definition) is 0. The van der Waals surface area contributed by atoms with Gasteiger partial charge in [-0.25, -0.2) is 0 Å². The van der Waals surface area contributed by atoms with E-state index in [-0.39, 0.29) is 18.2 Å². The number of aryl methyl sites for hydroxylation is 2. The van der Waals surface area contributed by atoms with E-state index in [4.69, 9.17) is 0 Å². The molecule has 3 aromatic rings. The largest absolute Gasteiger partial charge is 0.313 e. The van der Waals surface area contributed by atoms with Crippen molar-refractivity contribution in [3.05, 3.63) is 77.1 Å². The van der Waals surface area contributed by atoms with Gasteiger partial charge in [0.1, 0.15) is 0 Å². The zero-order chi connectivity index (χ0) is 20.6. The number of nitrogens with zero attached hydrogens (tertiary/aromatic N) is 2. The molecule has 30 heavy (non-hydrogen) atoms. The lowest BCUT2D eigenvalue weighted by Gasteiger charge is -2.19. The molecule has 3 rings (SSSR count). The topological polar surface area (TPSA) is 24.7 Å². The fourth-order valence-electron chi connectivity index (χ4n) is 4.10. The molecule has 0 radical (unpaired) electrons. The van der Waals surface area contributed by atoms with Crippen LogP contribution in [0.25, 0.3) is 5.52 Å². The lowest BCUT2D eigenvalue weighted by atomic mass is 10.0. The SMILES string of the molecule is CCCc1cc2ccccn2c1C(=O)c1ccc(CCCN(CC)CCC)cc1.Cl. The second-order valence-corrected chi connectivity index (χ2v) is 7.83. The molecule has 0 aliphatic rings. The van der Waals surface area contributed by atoms with Crippen molar-refractivity contribution in [1.29, 1.82) is 0 Å². The van der Waals surface area contributed by atoms with E-state index in [0.717, 1.165) is 61.1 Å². The maximum atomic E-state index is 13.3. The maximum Gasteiger partial charge on any atom is 0.210 e. The van der Waals surface area contributed by atoms with E-state index < -0.39 is 0 Å². The second-order valence-electron chi connectivity index (χ2n) is 7.83. The van der Waals surface area contributed by atoms with Gasteiger partial charge < -0.3 is 9.30 Å². The van der Waals surface area contributed by atoms with Crippen LogP contribution in [-0.2, 0) is 12.8 Å². The Bertz CT molecular complexity index is 930. The normalized spacial score (nSPS) is 11.1. The van der Waals surface area contributed by atoms with Crippen LogP contribution >= 0.6 is 12.4 Å². The highest BCUT2D eigenvalue weighted by Gasteiger charge is 2.18. The third-order valence-corrected chi connectivity index (χ3v) is 5.64. The molecule has 0 bridgehead atoms. The van der Waals surface area contributed by atoms with Crippen molar-refractivity contribution in [2.75, 3.05) is 19.6 Å². The van der Waals surface area contributed by atoms with Crippen LogP contribution in [-0.4, -0.2) is 34.7 Å². The van der Waals surface area contributed by atoms with Crippen LogP contribution in [0.4, 0.5) is 0 Å². The molecule has 0 unspecified atom stereocenters. The minimum atomic E-state index is 0. The van der Waals surface area contributed by atoms with Crippen LogP contribution in [0.15, 0.2) is 54.7 Å². The number of fused-ring (bicyclic) bond motifs is 1. The first-order valence-electron chi connectivity index (χ1n) is 11.1. The summed E-state index contributed by atoms with van der Waals surface area (Å²) in [4.78, 5) is 15.8. The van der Waals surface area contributed by atoms with Crippen molar-refractivity contribution in [3.63, 3.8) is 0 Å². The molecule has 1 aromatic carbocycles. The summed E-state index contributed by atoms with van der Waals surface area (Å²) in [6.45, 7) is 10.1. The Balaban J connectivity index is 0.00000320. The molecule has 0 atom stereocenters. The predicted octanol–water partition coefficient (Wildman–Crippen LogP) is 6.21. The van der Waals surface area contributed by atoms with Gasteiger partial charge in [0.2, 0.25) is 5.78 Å². The number of benzene rings is 1. The third-order valence-electron chi connectivity index (χ3n) is 5.64. The standard InChI is InChI=1S/C26H34N2O.ClH/c1-4-10-23-20-24-12-7-8-19-28(24)25(23)26(29)22-15-13-21(14-16-22)11-9-18-27(6-3)17-5-2;/h7-8,12-16,19-20H,4-6,9-11,17-18H2,1-3H3;1H. The molecule has 2 aromatic heterocycles. The lowest BCUT2D eigenvalue weighted by Crippen LogP contribution is -2.25. The second kappa shape index (κ2) is 11.9. The first kappa shape index (κ1) is 24.2. The number of hydrogen-bond acceptors (Lipinski definition) is 2. The van der Waals surface area contributed by atoms with E-state index in [1.807, 2.05) is 34.9 Å². The van der Waals surface area contributed by atoms with Gasteiger partial charge >= 0.3 is 0 Å². The number of rotatable bonds is 11. The zero-order valence-electron chi connectivity index (χ0n) is 18.6. The first-order valence-corrected chi connectivity index (χ1v) is 11.1. The Hall–Kier alpha value is -2.10. The number of ketones is 1. The number of carbonyl (C=O) groups excluding carboxylic acids is 1. The molecule has 0 saturated carbocycles. The van der Waals surface area contributed by atoms with Gasteiger partial charge in [0.25, 0.3) is 0 Å². The average Bonchev–Trinajstić information content (AvgIpc) is 3.11. The highest BCUT2D eigenvalue weighted by Crippen LogP contribution is 2.22. The van der Waals surface area contributed by atoms with E-state index in [9.17, 15) is 4.79 Å². The van der Waals surface area contributed by atoms with Crippen LogP contribution in [0.5, 0.6) is 0 Å². The van der Waals surface area contributed by atoms with Crippen LogP contribution in [0, 0.1) is 0 Å². The summed E-state index contributed by atoms with van der Waals surface area (Å²) >= 11 is 0. The van der Waals surface area contributed by atoms with Crippen molar-refractivity contribution in [3.8, 4) is 0 Å². The maximum absolute atomic E-state index is 13.3. The van der Waals surface area contributed by atoms with Gasteiger partial charge in [-0.05, 0) is 74.6 Å². The number of carbonyl (C=O) groups is 1. The fraction of sp³-hybridized carbons (Fsp3) is 0.423. The van der Waals surface area contributed by atoms with Crippen molar-refractivity contribution in [2.45, 2.75) is 52.9 Å². The smallest absolute Gasteiger partial charge is 0.210 e. The van der Waals surface area contributed by atoms with E-state index in [1.165, 1.54) is 18.5 Å². The molecule has 2 heterocycles. The number of pyridine rings is 1. The average molecular weight is 427 g/mol. The van der Waals surface area contributed by atoms with E-state index in [0.29, 0.717) is 0 Å². The molecular formula is C26H35ClN2O. The van der Waals surface area contributed by atoms with Crippen LogP contribution in [0.3, 0.4) is 0 Å². The molecule has 0 spiro atoms. The third kappa shape index (κ3) is 5.74. The molecule has 0 fully saturated rings. The van der Waals surface area contributed by atoms with Gasteiger partial charge in [0, 0.05) is 17.3 Å². The lowest BCUT2D eigenvalue weighted by molar-refractivity contribution is 0.103. The summed E-state index contributed by atoms with van der Waals surface area (Å²) in [6, 6.07) is 16.5. The van der Waals surface area contributed by atoms with Gasteiger partial charge in [-0.2, -0.15) is 0 Å². The Kier molecular flexibility index (Phi) is 9.61. The Morgan fingerprint density at radius 3 is 2.37 bits per heavy atom. The molecular weight excluding hydrogens is 392 g/mol. The van der Waals surface area contributed by atoms with Crippen LogP contribution in [0.1, 0.15) is 67.2 Å². The molecule has 162 valence electrons. The minimum Gasteiger partial charge on any atom is -0.313 e. The Labute approximate surface area is 187 Å². The van der Waals surface area contributed by atoms with E-state index >= 15 is 0 Å². The number of halogens is 1. The quantitative estimate of drug-likeness (QED) is 0.340. The molecule has 0 N–H and O–H groups in total. The van der Waals surface area contributed by atoms with Gasteiger partial charge in [-0.1, -0.05) is 57.5 Å². The summed E-state index contributed by atoms with van der Waals surface area (Å²) in [5.41, 5.74) is 5.12. The van der Waals surface area contributed by atoms with E-state index in [2.05, 4.69) is 49.9 Å². The summed E-state index contributed by atoms with van der Waals surface area (Å²) < 4.78 is 2.04. The summed E-state index contributed by atoms with van der Waals surface area (Å²) in [5.74, 6) is 0.117. The summed E-state index contributed by atoms with van der Waals surface area (Å²) in [5, 5.41) is 0. The molecule has 0 aliphatic carbocycles. The van der Waals surface area contributed by atoms with Crippen LogP contribution < -0.4 is 0 Å². The number of aromatic nitrogens is 1. The van der Waals surface area contributed by atoms with Crippen molar-refractivity contribution in [2.24, 2.45) is 0 Å². The monoisotopic (exact) mass is 426 g/mol. The summed E-state index contributed by atoms with van der Waals surface area (Å²) in [7, 11) is 0. The highest BCUT2D eigenvalue weighted by atomic mass is 35.5. The molecule has 4 heteroatoms. The van der Waals surface area contributed by atoms with Gasteiger partial charge in [-0.3, -0.25) is 4.79 Å². The molecule has 0 amide bonds. The van der Waals surface area contributed by atoms with Gasteiger partial charge in [-0.15, -0.1) is 12.4 Å². The molecule has 0 saturated heterocycles. The summed E-state index contributed by atoms with van der Waals surface area (Å²) in [6.07, 6.45) is 7.37. The van der Waals surface area contributed by atoms with Crippen molar-refractivity contribution >= 4 is 23.7 Å². The Morgan fingerprint density at radius 2 is 1.70 bits per heavy atom.